The maximum absolute atomic E-state index is 11.1. The Bertz CT molecular complexity index is 757. The second-order valence-corrected chi connectivity index (χ2v) is 6.26. The summed E-state index contributed by atoms with van der Waals surface area (Å²) in [6.07, 6.45) is 4.47. The van der Waals surface area contributed by atoms with Crippen LogP contribution in [0, 0.1) is 20.2 Å². The van der Waals surface area contributed by atoms with Crippen LogP contribution in [-0.2, 0) is 0 Å². The number of benzene rings is 1. The van der Waals surface area contributed by atoms with Gasteiger partial charge in [0, 0.05) is 12.0 Å². The van der Waals surface area contributed by atoms with Crippen molar-refractivity contribution in [3.05, 3.63) is 44.3 Å². The van der Waals surface area contributed by atoms with E-state index in [1.807, 2.05) is 0 Å². The fourth-order valence-corrected chi connectivity index (χ4v) is 3.44. The minimum Gasteiger partial charge on any atom is -0.262 e. The summed E-state index contributed by atoms with van der Waals surface area (Å²) in [7, 11) is 0. The minimum absolute atomic E-state index is 0.276. The molecular formula is C13H13N5O4S. The summed E-state index contributed by atoms with van der Waals surface area (Å²) < 4.78 is 0. The summed E-state index contributed by atoms with van der Waals surface area (Å²) in [5.74, 6) is 1.17. The lowest BCUT2D eigenvalue weighted by atomic mass is 10.1. The van der Waals surface area contributed by atoms with Gasteiger partial charge in [0.25, 0.3) is 11.4 Å². The third-order valence-corrected chi connectivity index (χ3v) is 4.71. The Morgan fingerprint density at radius 2 is 1.91 bits per heavy atom. The van der Waals surface area contributed by atoms with Crippen LogP contribution in [0.1, 0.15) is 37.4 Å². The molecule has 0 unspecified atom stereocenters. The predicted octanol–water partition coefficient (Wildman–Crippen LogP) is 3.43. The number of nitrogens with zero attached hydrogens (tertiary/aromatic N) is 4. The number of H-pyrrole nitrogens is 1. The van der Waals surface area contributed by atoms with Crippen LogP contribution in [0.5, 0.6) is 0 Å². The van der Waals surface area contributed by atoms with Crippen molar-refractivity contribution in [1.29, 1.82) is 0 Å². The Kier molecular flexibility index (Phi) is 4.24. The van der Waals surface area contributed by atoms with Gasteiger partial charge in [0.05, 0.1) is 20.8 Å². The van der Waals surface area contributed by atoms with E-state index >= 15 is 0 Å². The Hall–Kier alpha value is -2.49. The molecule has 0 spiro atoms. The number of aromatic nitrogens is 3. The molecule has 0 radical (unpaired) electrons. The van der Waals surface area contributed by atoms with E-state index in [1.54, 1.807) is 0 Å². The van der Waals surface area contributed by atoms with Gasteiger partial charge in [-0.3, -0.25) is 25.3 Å². The molecular weight excluding hydrogens is 322 g/mol. The molecule has 9 nitrogen and oxygen atoms in total. The summed E-state index contributed by atoms with van der Waals surface area (Å²) in [4.78, 5) is 25.2. The number of rotatable bonds is 5. The van der Waals surface area contributed by atoms with Crippen LogP contribution < -0.4 is 0 Å². The zero-order chi connectivity index (χ0) is 16.4. The van der Waals surface area contributed by atoms with Crippen molar-refractivity contribution in [1.82, 2.24) is 15.2 Å². The van der Waals surface area contributed by atoms with Crippen LogP contribution in [0.2, 0.25) is 0 Å². The minimum atomic E-state index is -0.660. The fraction of sp³-hybridized carbons (Fsp3) is 0.385. The topological polar surface area (TPSA) is 128 Å². The summed E-state index contributed by atoms with van der Waals surface area (Å²) >= 11 is 1.02. The van der Waals surface area contributed by atoms with Crippen LogP contribution in [0.4, 0.5) is 11.4 Å². The average Bonchev–Trinajstić information content (AvgIpc) is 3.17. The molecule has 0 bridgehead atoms. The molecule has 0 saturated heterocycles. The lowest BCUT2D eigenvalue weighted by Crippen LogP contribution is -1.95. The van der Waals surface area contributed by atoms with Gasteiger partial charge in [0.1, 0.15) is 5.82 Å². The normalized spacial score (nSPS) is 15.0. The van der Waals surface area contributed by atoms with Gasteiger partial charge in [-0.15, -0.1) is 5.10 Å². The fourth-order valence-electron chi connectivity index (χ4n) is 2.63. The zero-order valence-corrected chi connectivity index (χ0v) is 12.8. The predicted molar refractivity (Wildman–Crippen MR) is 81.5 cm³/mol. The van der Waals surface area contributed by atoms with Gasteiger partial charge in [-0.25, -0.2) is 4.98 Å². The SMILES string of the molecule is O=[N+]([O-])c1ccc(Sc2n[nH]c(C3CCCC3)n2)c([N+](=O)[O-])c1. The molecule has 1 aromatic heterocycles. The van der Waals surface area contributed by atoms with E-state index in [-0.39, 0.29) is 16.3 Å². The van der Waals surface area contributed by atoms with E-state index in [0.717, 1.165) is 36.5 Å². The van der Waals surface area contributed by atoms with E-state index in [4.69, 9.17) is 0 Å². The monoisotopic (exact) mass is 335 g/mol. The first-order chi connectivity index (χ1) is 11.0. The number of nitro groups is 2. The van der Waals surface area contributed by atoms with Gasteiger partial charge in [-0.05, 0) is 30.7 Å². The number of non-ortho nitro benzene ring substituents is 1. The van der Waals surface area contributed by atoms with Crippen molar-refractivity contribution >= 4 is 23.1 Å². The van der Waals surface area contributed by atoms with E-state index in [0.29, 0.717) is 11.1 Å². The number of nitro benzene ring substituents is 2. The summed E-state index contributed by atoms with van der Waals surface area (Å²) in [6.45, 7) is 0. The number of aromatic amines is 1. The molecule has 1 aromatic carbocycles. The Morgan fingerprint density at radius 1 is 1.17 bits per heavy atom. The number of nitrogens with one attached hydrogen (secondary N) is 1. The van der Waals surface area contributed by atoms with Crippen molar-refractivity contribution in [3.63, 3.8) is 0 Å². The molecule has 120 valence electrons. The smallest absolute Gasteiger partial charge is 0.262 e. The maximum atomic E-state index is 11.1. The third kappa shape index (κ3) is 3.31. The molecule has 0 atom stereocenters. The molecule has 1 aliphatic rings. The average molecular weight is 335 g/mol. The largest absolute Gasteiger partial charge is 0.290 e. The van der Waals surface area contributed by atoms with E-state index in [9.17, 15) is 20.2 Å². The van der Waals surface area contributed by atoms with Crippen molar-refractivity contribution in [2.75, 3.05) is 0 Å². The molecule has 1 N–H and O–H groups in total. The van der Waals surface area contributed by atoms with Gasteiger partial charge >= 0.3 is 0 Å². The molecule has 1 aliphatic carbocycles. The summed E-state index contributed by atoms with van der Waals surface area (Å²) in [5, 5.41) is 29.2. The first-order valence-electron chi connectivity index (χ1n) is 7.07. The molecule has 1 heterocycles. The Balaban J connectivity index is 1.84. The van der Waals surface area contributed by atoms with E-state index in [2.05, 4.69) is 15.2 Å². The van der Waals surface area contributed by atoms with Crippen molar-refractivity contribution in [3.8, 4) is 0 Å². The van der Waals surface area contributed by atoms with Gasteiger partial charge in [-0.1, -0.05) is 12.8 Å². The van der Waals surface area contributed by atoms with Gasteiger partial charge in [-0.2, -0.15) is 0 Å². The van der Waals surface area contributed by atoms with Crippen molar-refractivity contribution < 1.29 is 9.85 Å². The molecule has 10 heteroatoms. The van der Waals surface area contributed by atoms with Crippen LogP contribution in [0.15, 0.2) is 28.3 Å². The first kappa shape index (κ1) is 15.4. The lowest BCUT2D eigenvalue weighted by Gasteiger charge is -2.02. The van der Waals surface area contributed by atoms with Gasteiger partial charge in [0.15, 0.2) is 0 Å². The second-order valence-electron chi connectivity index (χ2n) is 5.25. The number of hydrogen-bond donors (Lipinski definition) is 1. The molecule has 3 rings (SSSR count). The highest BCUT2D eigenvalue weighted by molar-refractivity contribution is 7.99. The quantitative estimate of drug-likeness (QED) is 0.654. The van der Waals surface area contributed by atoms with E-state index in [1.165, 1.54) is 25.0 Å². The molecule has 0 aliphatic heterocycles. The highest BCUT2D eigenvalue weighted by Crippen LogP contribution is 2.37. The number of hydrogen-bond acceptors (Lipinski definition) is 7. The van der Waals surface area contributed by atoms with Crippen LogP contribution in [-0.4, -0.2) is 25.0 Å². The third-order valence-electron chi connectivity index (χ3n) is 3.78. The van der Waals surface area contributed by atoms with Crippen LogP contribution in [0.25, 0.3) is 0 Å². The van der Waals surface area contributed by atoms with Crippen molar-refractivity contribution in [2.45, 2.75) is 41.7 Å². The molecule has 1 fully saturated rings. The Labute approximate surface area is 134 Å². The first-order valence-corrected chi connectivity index (χ1v) is 7.89. The molecule has 23 heavy (non-hydrogen) atoms. The zero-order valence-electron chi connectivity index (χ0n) is 12.0. The summed E-state index contributed by atoms with van der Waals surface area (Å²) in [6, 6.07) is 3.54. The highest BCUT2D eigenvalue weighted by Gasteiger charge is 2.24. The van der Waals surface area contributed by atoms with Gasteiger partial charge in [0.2, 0.25) is 5.16 Å². The van der Waals surface area contributed by atoms with Gasteiger partial charge < -0.3 is 0 Å². The standard InChI is InChI=1S/C13H13N5O4S/c19-17(20)9-5-6-11(10(7-9)18(21)22)23-13-14-12(15-16-13)8-3-1-2-4-8/h5-8H,1-4H2,(H,14,15,16). The molecule has 1 saturated carbocycles. The van der Waals surface area contributed by atoms with Crippen LogP contribution in [0.3, 0.4) is 0 Å². The highest BCUT2D eigenvalue weighted by atomic mass is 32.2. The lowest BCUT2D eigenvalue weighted by molar-refractivity contribution is -0.396. The molecule has 0 amide bonds. The molecule has 2 aromatic rings. The second kappa shape index (κ2) is 6.32. The van der Waals surface area contributed by atoms with Crippen molar-refractivity contribution in [2.24, 2.45) is 0 Å². The van der Waals surface area contributed by atoms with Crippen LogP contribution >= 0.6 is 11.8 Å². The summed E-state index contributed by atoms with van der Waals surface area (Å²) in [5.41, 5.74) is -0.640. The van der Waals surface area contributed by atoms with E-state index < -0.39 is 9.85 Å². The maximum Gasteiger partial charge on any atom is 0.290 e. The Morgan fingerprint density at radius 3 is 2.57 bits per heavy atom.